The molecule has 10 unspecified atom stereocenters. The first-order valence-electron chi connectivity index (χ1n) is 16.0. The Morgan fingerprint density at radius 1 is 0.826 bits per heavy atom. The van der Waals surface area contributed by atoms with Gasteiger partial charge in [-0.25, -0.2) is 0 Å². The molecule has 0 radical (unpaired) electrons. The summed E-state index contributed by atoms with van der Waals surface area (Å²) >= 11 is 0. The van der Waals surface area contributed by atoms with Crippen molar-refractivity contribution in [2.24, 2.45) is 11.8 Å². The van der Waals surface area contributed by atoms with Gasteiger partial charge in [-0.15, -0.1) is 0 Å². The van der Waals surface area contributed by atoms with Crippen LogP contribution in [0.1, 0.15) is 86.5 Å². The Hall–Kier alpha value is -2.40. The van der Waals surface area contributed by atoms with E-state index < -0.39 is 98.5 Å². The molecule has 0 aromatic rings. The van der Waals surface area contributed by atoms with E-state index >= 15 is 0 Å². The monoisotopic (exact) mass is 664 g/mol. The van der Waals surface area contributed by atoms with E-state index in [9.17, 15) is 39.6 Å². The van der Waals surface area contributed by atoms with Gasteiger partial charge in [-0.1, -0.05) is 47.0 Å². The lowest BCUT2D eigenvalue weighted by Gasteiger charge is -2.45. The molecule has 0 aliphatic carbocycles. The van der Waals surface area contributed by atoms with E-state index in [4.69, 9.17) is 33.2 Å². The fraction of sp³-hybridized carbons (Fsp3) is 0.871. The second kappa shape index (κ2) is 18.8. The molecule has 0 saturated carbocycles. The number of carbonyl (C=O) groups is 4. The second-order valence-corrected chi connectivity index (χ2v) is 12.4. The van der Waals surface area contributed by atoms with Crippen LogP contribution in [0.4, 0.5) is 0 Å². The van der Waals surface area contributed by atoms with Crippen molar-refractivity contribution < 1.29 is 72.8 Å². The van der Waals surface area contributed by atoms with E-state index in [1.54, 1.807) is 0 Å². The van der Waals surface area contributed by atoms with Gasteiger partial charge in [0.25, 0.3) is 0 Å². The first-order chi connectivity index (χ1) is 21.6. The summed E-state index contributed by atoms with van der Waals surface area (Å²) in [5.41, 5.74) is 0. The molecule has 2 aliphatic heterocycles. The maximum atomic E-state index is 13.1. The standard InChI is InChI=1S/C31H52O15/c1-7-18(4)11-9-13-24(36)44-28-27(43-23(35)12-8-10-17(2)3)25(37)21(14-32)42-30(28)46-31(16-41-20(6)34)29(39)26(38)22(45-31)15-40-19(5)33/h17-18,21-22,25-30,32,37-39H,7-16H2,1-6H3. The lowest BCUT2D eigenvalue weighted by atomic mass is 9.97. The van der Waals surface area contributed by atoms with Crippen molar-refractivity contribution in [3.63, 3.8) is 0 Å². The number of esters is 4. The Morgan fingerprint density at radius 3 is 1.96 bits per heavy atom. The van der Waals surface area contributed by atoms with Crippen molar-refractivity contribution in [1.82, 2.24) is 0 Å². The number of aliphatic hydroxyl groups excluding tert-OH is 4. The quantitative estimate of drug-likeness (QED) is 0.118. The summed E-state index contributed by atoms with van der Waals surface area (Å²) in [6.45, 7) is 8.18. The number of aliphatic hydroxyl groups is 4. The Balaban J connectivity index is 2.45. The molecule has 2 rings (SSSR count). The molecule has 266 valence electrons. The van der Waals surface area contributed by atoms with E-state index in [0.717, 1.165) is 33.1 Å². The van der Waals surface area contributed by atoms with Gasteiger partial charge in [0.1, 0.15) is 43.7 Å². The Kier molecular flexibility index (Phi) is 16.3. The van der Waals surface area contributed by atoms with Crippen molar-refractivity contribution in [2.75, 3.05) is 19.8 Å². The van der Waals surface area contributed by atoms with Crippen molar-refractivity contribution in [2.45, 2.75) is 141 Å². The Bertz CT molecular complexity index is 989. The van der Waals surface area contributed by atoms with Crippen LogP contribution >= 0.6 is 0 Å². The first kappa shape index (κ1) is 39.8. The van der Waals surface area contributed by atoms with Gasteiger partial charge in [0.15, 0.2) is 12.2 Å². The van der Waals surface area contributed by atoms with Gasteiger partial charge in [0.05, 0.1) is 6.61 Å². The molecular weight excluding hydrogens is 612 g/mol. The molecule has 2 heterocycles. The van der Waals surface area contributed by atoms with Crippen molar-refractivity contribution in [1.29, 1.82) is 0 Å². The molecular formula is C31H52O15. The molecule has 0 amide bonds. The van der Waals surface area contributed by atoms with Crippen molar-refractivity contribution in [3.05, 3.63) is 0 Å². The normalized spacial score (nSPS) is 31.7. The largest absolute Gasteiger partial charge is 0.463 e. The zero-order valence-corrected chi connectivity index (χ0v) is 27.6. The van der Waals surface area contributed by atoms with Crippen molar-refractivity contribution >= 4 is 23.9 Å². The molecule has 2 fully saturated rings. The predicted molar refractivity (Wildman–Crippen MR) is 157 cm³/mol. The van der Waals surface area contributed by atoms with Gasteiger partial charge in [0, 0.05) is 26.7 Å². The number of ether oxygens (including phenoxy) is 7. The number of hydrogen-bond donors (Lipinski definition) is 4. The minimum atomic E-state index is -2.38. The number of hydrogen-bond acceptors (Lipinski definition) is 15. The van der Waals surface area contributed by atoms with Crippen LogP contribution in [0.15, 0.2) is 0 Å². The second-order valence-electron chi connectivity index (χ2n) is 12.4. The van der Waals surface area contributed by atoms with Crippen LogP contribution in [0, 0.1) is 11.8 Å². The lowest BCUT2D eigenvalue weighted by molar-refractivity contribution is -0.384. The molecule has 0 aromatic heterocycles. The summed E-state index contributed by atoms with van der Waals surface area (Å²) in [5.74, 6) is -4.62. The Labute approximate surface area is 269 Å². The van der Waals surface area contributed by atoms with Crippen LogP contribution in [-0.4, -0.2) is 119 Å². The highest BCUT2D eigenvalue weighted by atomic mass is 16.8. The predicted octanol–water partition coefficient (Wildman–Crippen LogP) is 0.891. The van der Waals surface area contributed by atoms with Gasteiger partial charge < -0.3 is 53.6 Å². The highest BCUT2D eigenvalue weighted by Gasteiger charge is 2.61. The summed E-state index contributed by atoms with van der Waals surface area (Å²) in [4.78, 5) is 49.1. The van der Waals surface area contributed by atoms with Crippen molar-refractivity contribution in [3.8, 4) is 0 Å². The van der Waals surface area contributed by atoms with Gasteiger partial charge in [-0.05, 0) is 24.7 Å². The smallest absolute Gasteiger partial charge is 0.306 e. The van der Waals surface area contributed by atoms with Crippen LogP contribution in [0.3, 0.4) is 0 Å². The fourth-order valence-corrected chi connectivity index (χ4v) is 5.11. The summed E-state index contributed by atoms with van der Waals surface area (Å²) in [6.07, 6.45) is -9.80. The highest BCUT2D eigenvalue weighted by molar-refractivity contribution is 5.71. The summed E-state index contributed by atoms with van der Waals surface area (Å²) in [5, 5.41) is 43.0. The first-order valence-corrected chi connectivity index (χ1v) is 16.0. The van der Waals surface area contributed by atoms with E-state index in [1.807, 2.05) is 27.7 Å². The lowest BCUT2D eigenvalue weighted by Crippen LogP contribution is -2.64. The van der Waals surface area contributed by atoms with E-state index in [0.29, 0.717) is 24.7 Å². The maximum absolute atomic E-state index is 13.1. The molecule has 0 spiro atoms. The summed E-state index contributed by atoms with van der Waals surface area (Å²) in [6, 6.07) is 0. The van der Waals surface area contributed by atoms with E-state index in [2.05, 4.69) is 0 Å². The third-order valence-corrected chi connectivity index (χ3v) is 8.02. The van der Waals surface area contributed by atoms with Crippen LogP contribution in [-0.2, 0) is 52.3 Å². The van der Waals surface area contributed by atoms with Crippen LogP contribution in [0.2, 0.25) is 0 Å². The molecule has 46 heavy (non-hydrogen) atoms. The molecule has 10 atom stereocenters. The average molecular weight is 665 g/mol. The van der Waals surface area contributed by atoms with Gasteiger partial charge in [-0.2, -0.15) is 0 Å². The van der Waals surface area contributed by atoms with Gasteiger partial charge in [0.2, 0.25) is 12.1 Å². The average Bonchev–Trinajstić information content (AvgIpc) is 3.22. The third kappa shape index (κ3) is 11.7. The molecule has 15 heteroatoms. The minimum Gasteiger partial charge on any atom is -0.463 e. The SMILES string of the molecule is CCC(C)CCCC(=O)OC1C(OC2(COC(C)=O)OC(COC(C)=O)C(O)C2O)OC(CO)C(O)C1OC(=O)CCCC(C)C. The van der Waals surface area contributed by atoms with Gasteiger partial charge >= 0.3 is 23.9 Å². The fourth-order valence-electron chi connectivity index (χ4n) is 5.11. The summed E-state index contributed by atoms with van der Waals surface area (Å²) < 4.78 is 38.9. The molecule has 2 saturated heterocycles. The molecule has 2 aliphatic rings. The summed E-state index contributed by atoms with van der Waals surface area (Å²) in [7, 11) is 0. The molecule has 0 aromatic carbocycles. The highest BCUT2D eigenvalue weighted by Crippen LogP contribution is 2.38. The number of rotatable bonds is 18. The molecule has 4 N–H and O–H groups in total. The zero-order valence-electron chi connectivity index (χ0n) is 27.6. The third-order valence-electron chi connectivity index (χ3n) is 8.02. The Morgan fingerprint density at radius 2 is 1.41 bits per heavy atom. The van der Waals surface area contributed by atoms with Gasteiger partial charge in [-0.3, -0.25) is 19.2 Å². The maximum Gasteiger partial charge on any atom is 0.306 e. The van der Waals surface area contributed by atoms with Crippen LogP contribution < -0.4 is 0 Å². The van der Waals surface area contributed by atoms with Crippen LogP contribution in [0.25, 0.3) is 0 Å². The zero-order chi connectivity index (χ0) is 34.6. The molecule has 0 bridgehead atoms. The molecule has 15 nitrogen and oxygen atoms in total. The minimum absolute atomic E-state index is 0.00458. The van der Waals surface area contributed by atoms with Crippen LogP contribution in [0.5, 0.6) is 0 Å². The topological polar surface area (TPSA) is 214 Å². The van der Waals surface area contributed by atoms with E-state index in [-0.39, 0.29) is 12.8 Å². The number of carbonyl (C=O) groups excluding carboxylic acids is 4. The van der Waals surface area contributed by atoms with E-state index in [1.165, 1.54) is 0 Å².